The van der Waals surface area contributed by atoms with Crippen molar-refractivity contribution in [2.45, 2.75) is 6.61 Å². The molecule has 0 saturated carbocycles. The topological polar surface area (TPSA) is 50.7 Å². The molecule has 0 aromatic heterocycles. The van der Waals surface area contributed by atoms with E-state index in [1.54, 1.807) is 0 Å². The quantitative estimate of drug-likeness (QED) is 0.643. The molecule has 22 heavy (non-hydrogen) atoms. The molecule has 7 heteroatoms. The summed E-state index contributed by atoms with van der Waals surface area (Å²) in [6.45, 7) is 0.189. The van der Waals surface area contributed by atoms with Crippen molar-refractivity contribution >= 4 is 33.7 Å². The van der Waals surface area contributed by atoms with Gasteiger partial charge in [0.05, 0.1) is 5.69 Å². The number of hydrogen-bond acceptors (Lipinski definition) is 3. The van der Waals surface area contributed by atoms with Crippen molar-refractivity contribution < 1.29 is 18.4 Å². The Morgan fingerprint density at radius 2 is 2.09 bits per heavy atom. The number of amides is 1. The highest BCUT2D eigenvalue weighted by Crippen LogP contribution is 2.14. The summed E-state index contributed by atoms with van der Waals surface area (Å²) >= 11 is 3.32. The number of hydrogen-bond donors (Lipinski definition) is 1. The average molecular weight is 369 g/mol. The number of carbonyl (C=O) groups is 1. The fraction of sp³-hybridized carbons (Fsp3) is 0.0667. The molecule has 0 aliphatic rings. The fourth-order valence-electron chi connectivity index (χ4n) is 1.58. The minimum atomic E-state index is -0.864. The molecule has 2 aromatic rings. The van der Waals surface area contributed by atoms with E-state index in [1.807, 2.05) is 24.3 Å². The Bertz CT molecular complexity index is 708. The smallest absolute Gasteiger partial charge is 0.270 e. The Labute approximate surface area is 133 Å². The molecular formula is C15H11BrF2N2O2. The molecule has 2 rings (SSSR count). The fourth-order valence-corrected chi connectivity index (χ4v) is 2.03. The first kappa shape index (κ1) is 16.1. The zero-order valence-electron chi connectivity index (χ0n) is 11.2. The number of halogens is 3. The van der Waals surface area contributed by atoms with Crippen molar-refractivity contribution in [3.05, 3.63) is 64.1 Å². The second-order valence-corrected chi connectivity index (χ2v) is 5.17. The first-order valence-electron chi connectivity index (χ1n) is 6.20. The van der Waals surface area contributed by atoms with Crippen molar-refractivity contribution in [2.75, 3.05) is 5.32 Å². The van der Waals surface area contributed by atoms with Crippen LogP contribution >= 0.6 is 15.9 Å². The maximum atomic E-state index is 13.3. The van der Waals surface area contributed by atoms with Crippen LogP contribution < -0.4 is 5.32 Å². The van der Waals surface area contributed by atoms with E-state index in [1.165, 1.54) is 0 Å². The lowest BCUT2D eigenvalue weighted by atomic mass is 10.2. The lowest BCUT2D eigenvalue weighted by molar-refractivity contribution is -0.110. The molecule has 4 nitrogen and oxygen atoms in total. The Hall–Kier alpha value is -2.28. The molecule has 0 atom stereocenters. The van der Waals surface area contributed by atoms with Gasteiger partial charge in [0.1, 0.15) is 24.5 Å². The third-order valence-electron chi connectivity index (χ3n) is 2.55. The third kappa shape index (κ3) is 4.92. The molecule has 114 valence electrons. The minimum Gasteiger partial charge on any atom is -0.391 e. The van der Waals surface area contributed by atoms with Crippen LogP contribution in [0.4, 0.5) is 14.5 Å². The van der Waals surface area contributed by atoms with E-state index < -0.39 is 17.5 Å². The van der Waals surface area contributed by atoms with Gasteiger partial charge in [-0.3, -0.25) is 4.79 Å². The van der Waals surface area contributed by atoms with Gasteiger partial charge in [0, 0.05) is 10.5 Å². The SMILES string of the molecule is O=C(/C=N/OCc1cccc(Br)c1)Nc1ccc(F)cc1F. The second-order valence-electron chi connectivity index (χ2n) is 4.25. The van der Waals surface area contributed by atoms with Crippen LogP contribution in [0.1, 0.15) is 5.56 Å². The van der Waals surface area contributed by atoms with Crippen LogP contribution in [0.15, 0.2) is 52.1 Å². The predicted molar refractivity (Wildman–Crippen MR) is 82.4 cm³/mol. The first-order chi connectivity index (χ1) is 10.5. The maximum absolute atomic E-state index is 13.3. The lowest BCUT2D eigenvalue weighted by Crippen LogP contribution is -2.14. The van der Waals surface area contributed by atoms with Crippen molar-refractivity contribution in [2.24, 2.45) is 5.16 Å². The van der Waals surface area contributed by atoms with Gasteiger partial charge >= 0.3 is 0 Å². The van der Waals surface area contributed by atoms with Gasteiger partial charge in [-0.15, -0.1) is 0 Å². The zero-order chi connectivity index (χ0) is 15.9. The van der Waals surface area contributed by atoms with E-state index >= 15 is 0 Å². The van der Waals surface area contributed by atoms with Crippen molar-refractivity contribution in [3.63, 3.8) is 0 Å². The van der Waals surface area contributed by atoms with Gasteiger partial charge in [-0.25, -0.2) is 8.78 Å². The van der Waals surface area contributed by atoms with Crippen molar-refractivity contribution in [3.8, 4) is 0 Å². The standard InChI is InChI=1S/C15H11BrF2N2O2/c16-11-3-1-2-10(6-11)9-22-19-8-15(21)20-14-5-4-12(17)7-13(14)18/h1-8H,9H2,(H,20,21)/b19-8+. The number of carbonyl (C=O) groups excluding carboxylic acids is 1. The summed E-state index contributed by atoms with van der Waals surface area (Å²) in [6, 6.07) is 10.3. The zero-order valence-corrected chi connectivity index (χ0v) is 12.8. The van der Waals surface area contributed by atoms with Crippen LogP contribution in [0.2, 0.25) is 0 Å². The number of anilines is 1. The van der Waals surface area contributed by atoms with E-state index in [4.69, 9.17) is 4.84 Å². The molecule has 2 aromatic carbocycles. The monoisotopic (exact) mass is 368 g/mol. The molecule has 0 aliphatic heterocycles. The normalized spacial score (nSPS) is 10.7. The summed E-state index contributed by atoms with van der Waals surface area (Å²) in [6.07, 6.45) is 0.876. The highest BCUT2D eigenvalue weighted by molar-refractivity contribution is 9.10. The molecule has 0 saturated heterocycles. The van der Waals surface area contributed by atoms with Crippen molar-refractivity contribution in [1.82, 2.24) is 0 Å². The largest absolute Gasteiger partial charge is 0.391 e. The second kappa shape index (κ2) is 7.65. The molecular weight excluding hydrogens is 358 g/mol. The van der Waals surface area contributed by atoms with Gasteiger partial charge in [-0.2, -0.15) is 0 Å². The number of benzene rings is 2. The van der Waals surface area contributed by atoms with E-state index in [9.17, 15) is 13.6 Å². The Balaban J connectivity index is 1.84. The summed E-state index contributed by atoms with van der Waals surface area (Å²) in [4.78, 5) is 16.5. The first-order valence-corrected chi connectivity index (χ1v) is 7.00. The molecule has 1 amide bonds. The summed E-state index contributed by atoms with van der Waals surface area (Å²) in [7, 11) is 0. The molecule has 0 heterocycles. The van der Waals surface area contributed by atoms with Gasteiger partial charge in [-0.05, 0) is 29.8 Å². The molecule has 0 radical (unpaired) electrons. The summed E-state index contributed by atoms with van der Waals surface area (Å²) in [5.74, 6) is -2.27. The Kier molecular flexibility index (Phi) is 5.60. The summed E-state index contributed by atoms with van der Waals surface area (Å²) in [5.41, 5.74) is 0.737. The van der Waals surface area contributed by atoms with Gasteiger partial charge in [0.25, 0.3) is 5.91 Å². The van der Waals surface area contributed by atoms with Crippen LogP contribution in [0, 0.1) is 11.6 Å². The van der Waals surface area contributed by atoms with E-state index in [0.29, 0.717) is 6.07 Å². The number of rotatable bonds is 5. The molecule has 0 fully saturated rings. The van der Waals surface area contributed by atoms with Crippen LogP contribution in [0.5, 0.6) is 0 Å². The highest BCUT2D eigenvalue weighted by atomic mass is 79.9. The van der Waals surface area contributed by atoms with Crippen LogP contribution in [-0.2, 0) is 16.2 Å². The van der Waals surface area contributed by atoms with Crippen LogP contribution in [-0.4, -0.2) is 12.1 Å². The number of oxime groups is 1. The molecule has 0 aliphatic carbocycles. The predicted octanol–water partition coefficient (Wildman–Crippen LogP) is 3.87. The Morgan fingerprint density at radius 3 is 2.82 bits per heavy atom. The van der Waals surface area contributed by atoms with Gasteiger partial charge in [0.15, 0.2) is 0 Å². The average Bonchev–Trinajstić information content (AvgIpc) is 2.47. The van der Waals surface area contributed by atoms with E-state index in [-0.39, 0.29) is 12.3 Å². The number of nitrogens with zero attached hydrogens (tertiary/aromatic N) is 1. The Morgan fingerprint density at radius 1 is 1.27 bits per heavy atom. The van der Waals surface area contributed by atoms with Gasteiger partial charge in [0.2, 0.25) is 0 Å². The lowest BCUT2D eigenvalue weighted by Gasteiger charge is -2.03. The van der Waals surface area contributed by atoms with Crippen molar-refractivity contribution in [1.29, 1.82) is 0 Å². The molecule has 1 N–H and O–H groups in total. The summed E-state index contributed by atoms with van der Waals surface area (Å²) < 4.78 is 26.9. The van der Waals surface area contributed by atoms with E-state index in [2.05, 4.69) is 26.4 Å². The molecule has 0 spiro atoms. The maximum Gasteiger partial charge on any atom is 0.270 e. The van der Waals surface area contributed by atoms with E-state index in [0.717, 1.165) is 28.4 Å². The molecule has 0 bridgehead atoms. The highest BCUT2D eigenvalue weighted by Gasteiger charge is 2.06. The number of nitrogens with one attached hydrogen (secondary N) is 1. The van der Waals surface area contributed by atoms with Crippen LogP contribution in [0.3, 0.4) is 0 Å². The van der Waals surface area contributed by atoms with Gasteiger partial charge < -0.3 is 10.2 Å². The minimum absolute atomic E-state index is 0.134. The third-order valence-corrected chi connectivity index (χ3v) is 3.05. The van der Waals surface area contributed by atoms with Gasteiger partial charge in [-0.1, -0.05) is 33.2 Å². The van der Waals surface area contributed by atoms with Crippen LogP contribution in [0.25, 0.3) is 0 Å². The summed E-state index contributed by atoms with van der Waals surface area (Å²) in [5, 5.41) is 5.72. The molecule has 0 unspecified atom stereocenters.